The third kappa shape index (κ3) is 4.41. The molecule has 1 saturated heterocycles. The minimum Gasteiger partial charge on any atom is -0.497 e. The Labute approximate surface area is 173 Å². The zero-order valence-corrected chi connectivity index (χ0v) is 17.4. The molecule has 1 aromatic heterocycles. The molecule has 154 valence electrons. The first kappa shape index (κ1) is 20.8. The fraction of sp³-hybridized carbons (Fsp3) is 0.350. The Bertz CT molecular complexity index is 884. The second kappa shape index (κ2) is 8.62. The predicted octanol–water partition coefficient (Wildman–Crippen LogP) is 2.08. The highest BCUT2D eigenvalue weighted by molar-refractivity contribution is 7.09. The fourth-order valence-corrected chi connectivity index (χ4v) is 3.87. The van der Waals surface area contributed by atoms with E-state index in [0.717, 1.165) is 9.89 Å². The molecule has 0 unspecified atom stereocenters. The van der Waals surface area contributed by atoms with Crippen molar-refractivity contribution in [3.63, 3.8) is 0 Å². The molecule has 9 heteroatoms. The monoisotopic (exact) mass is 416 g/mol. The van der Waals surface area contributed by atoms with Crippen LogP contribution in [0.1, 0.15) is 24.3 Å². The van der Waals surface area contributed by atoms with Crippen LogP contribution in [0.3, 0.4) is 0 Å². The number of thiophene rings is 1. The quantitative estimate of drug-likeness (QED) is 0.643. The number of amides is 4. The number of likely N-dealkylation sites (N-methyl/N-ethyl adjacent to an activating group) is 1. The number of urea groups is 1. The number of hydrogen-bond donors (Lipinski definition) is 2. The second-order valence-corrected chi connectivity index (χ2v) is 7.87. The van der Waals surface area contributed by atoms with Gasteiger partial charge in [-0.1, -0.05) is 25.1 Å². The SMILES string of the molecule is CCN(CC(=O)NN1C(=O)N[C@](C)(c2ccc(OC)cc2)C1=O)Cc1cccs1. The van der Waals surface area contributed by atoms with Crippen LogP contribution in [0, 0.1) is 0 Å². The molecule has 1 aliphatic rings. The Balaban J connectivity index is 1.66. The summed E-state index contributed by atoms with van der Waals surface area (Å²) >= 11 is 1.62. The number of hydrazine groups is 1. The maximum atomic E-state index is 12.9. The van der Waals surface area contributed by atoms with Gasteiger partial charge < -0.3 is 10.1 Å². The predicted molar refractivity (Wildman–Crippen MR) is 109 cm³/mol. The first-order valence-electron chi connectivity index (χ1n) is 9.22. The number of ether oxygens (including phenoxy) is 1. The van der Waals surface area contributed by atoms with E-state index in [-0.39, 0.29) is 6.54 Å². The van der Waals surface area contributed by atoms with Gasteiger partial charge in [0.15, 0.2) is 0 Å². The molecule has 0 radical (unpaired) electrons. The van der Waals surface area contributed by atoms with Crippen molar-refractivity contribution in [3.05, 3.63) is 52.2 Å². The van der Waals surface area contributed by atoms with Crippen LogP contribution in [0.4, 0.5) is 4.79 Å². The van der Waals surface area contributed by atoms with E-state index < -0.39 is 23.4 Å². The second-order valence-electron chi connectivity index (χ2n) is 6.84. The number of imide groups is 1. The first-order valence-corrected chi connectivity index (χ1v) is 10.1. The highest BCUT2D eigenvalue weighted by Crippen LogP contribution is 2.29. The molecule has 2 N–H and O–H groups in total. The molecule has 29 heavy (non-hydrogen) atoms. The normalized spacial score (nSPS) is 18.8. The molecule has 0 saturated carbocycles. The summed E-state index contributed by atoms with van der Waals surface area (Å²) in [5, 5.41) is 5.40. The van der Waals surface area contributed by atoms with Gasteiger partial charge in [-0.15, -0.1) is 11.3 Å². The Kier molecular flexibility index (Phi) is 6.19. The molecule has 1 atom stereocenters. The lowest BCUT2D eigenvalue weighted by atomic mass is 9.92. The summed E-state index contributed by atoms with van der Waals surface area (Å²) in [4.78, 5) is 40.9. The molecular weight excluding hydrogens is 392 g/mol. The molecule has 4 amide bonds. The van der Waals surface area contributed by atoms with Crippen molar-refractivity contribution in [3.8, 4) is 5.75 Å². The Morgan fingerprint density at radius 2 is 2.00 bits per heavy atom. The lowest BCUT2D eigenvalue weighted by Crippen LogP contribution is -2.50. The fourth-order valence-electron chi connectivity index (χ4n) is 3.13. The maximum Gasteiger partial charge on any atom is 0.344 e. The number of carbonyl (C=O) groups excluding carboxylic acids is 3. The summed E-state index contributed by atoms with van der Waals surface area (Å²) in [5.74, 6) is -0.321. The minimum absolute atomic E-state index is 0.0741. The summed E-state index contributed by atoms with van der Waals surface area (Å²) in [5.41, 5.74) is 1.77. The summed E-state index contributed by atoms with van der Waals surface area (Å²) in [6, 6.07) is 10.1. The zero-order valence-electron chi connectivity index (χ0n) is 16.6. The minimum atomic E-state index is -1.27. The van der Waals surface area contributed by atoms with Crippen molar-refractivity contribution in [1.82, 2.24) is 20.7 Å². The van der Waals surface area contributed by atoms with E-state index in [1.807, 2.05) is 29.3 Å². The summed E-state index contributed by atoms with van der Waals surface area (Å²) < 4.78 is 5.13. The number of methoxy groups -OCH3 is 1. The van der Waals surface area contributed by atoms with E-state index in [4.69, 9.17) is 4.74 Å². The molecule has 1 aromatic carbocycles. The van der Waals surface area contributed by atoms with Crippen LogP contribution in [-0.4, -0.2) is 48.0 Å². The number of hydrogen-bond acceptors (Lipinski definition) is 6. The van der Waals surface area contributed by atoms with E-state index >= 15 is 0 Å². The standard InChI is InChI=1S/C20H24N4O4S/c1-4-23(12-16-6-5-11-29-16)13-17(25)22-24-18(26)20(2,21-19(24)27)14-7-9-15(28-3)10-8-14/h5-11H,4,12-13H2,1-3H3,(H,21,27)(H,22,25)/t20-/m1/s1. The Morgan fingerprint density at radius 3 is 2.59 bits per heavy atom. The molecule has 0 aliphatic carbocycles. The average Bonchev–Trinajstić information content (AvgIpc) is 3.30. The maximum absolute atomic E-state index is 12.9. The van der Waals surface area contributed by atoms with Crippen LogP contribution in [0.25, 0.3) is 0 Å². The van der Waals surface area contributed by atoms with Gasteiger partial charge in [0.1, 0.15) is 11.3 Å². The van der Waals surface area contributed by atoms with Crippen LogP contribution >= 0.6 is 11.3 Å². The topological polar surface area (TPSA) is 91.0 Å². The summed E-state index contributed by atoms with van der Waals surface area (Å²) in [6.45, 7) is 4.93. The van der Waals surface area contributed by atoms with Crippen LogP contribution < -0.4 is 15.5 Å². The molecule has 2 aromatic rings. The van der Waals surface area contributed by atoms with Crippen molar-refractivity contribution in [1.29, 1.82) is 0 Å². The molecular formula is C20H24N4O4S. The number of benzene rings is 1. The average molecular weight is 417 g/mol. The van der Waals surface area contributed by atoms with Crippen molar-refractivity contribution in [2.24, 2.45) is 0 Å². The number of nitrogens with one attached hydrogen (secondary N) is 2. The molecule has 2 heterocycles. The van der Waals surface area contributed by atoms with Crippen LogP contribution in [0.2, 0.25) is 0 Å². The molecule has 1 fully saturated rings. The van der Waals surface area contributed by atoms with Gasteiger partial charge in [0, 0.05) is 11.4 Å². The molecule has 0 spiro atoms. The number of carbonyl (C=O) groups is 3. The van der Waals surface area contributed by atoms with E-state index in [9.17, 15) is 14.4 Å². The third-order valence-electron chi connectivity index (χ3n) is 4.87. The van der Waals surface area contributed by atoms with Crippen molar-refractivity contribution in [2.45, 2.75) is 25.9 Å². The largest absolute Gasteiger partial charge is 0.497 e. The summed E-state index contributed by atoms with van der Waals surface area (Å²) in [7, 11) is 1.55. The zero-order chi connectivity index (χ0) is 21.0. The molecule has 0 bridgehead atoms. The summed E-state index contributed by atoms with van der Waals surface area (Å²) in [6.07, 6.45) is 0. The van der Waals surface area contributed by atoms with E-state index in [1.54, 1.807) is 49.6 Å². The van der Waals surface area contributed by atoms with Crippen molar-refractivity contribution in [2.75, 3.05) is 20.2 Å². The van der Waals surface area contributed by atoms with Gasteiger partial charge in [0.05, 0.1) is 13.7 Å². The smallest absolute Gasteiger partial charge is 0.344 e. The highest BCUT2D eigenvalue weighted by atomic mass is 32.1. The molecule has 8 nitrogen and oxygen atoms in total. The van der Waals surface area contributed by atoms with E-state index in [1.165, 1.54) is 0 Å². The van der Waals surface area contributed by atoms with Gasteiger partial charge in [0.25, 0.3) is 11.8 Å². The van der Waals surface area contributed by atoms with Gasteiger partial charge in [-0.05, 0) is 42.6 Å². The van der Waals surface area contributed by atoms with Gasteiger partial charge in [-0.2, -0.15) is 5.01 Å². The highest BCUT2D eigenvalue weighted by Gasteiger charge is 2.50. The lowest BCUT2D eigenvalue weighted by molar-refractivity contribution is -0.139. The van der Waals surface area contributed by atoms with Crippen LogP contribution in [0.15, 0.2) is 41.8 Å². The number of nitrogens with zero attached hydrogens (tertiary/aromatic N) is 2. The lowest BCUT2D eigenvalue weighted by Gasteiger charge is -2.23. The molecule has 3 rings (SSSR count). The Hall–Kier alpha value is -2.91. The van der Waals surface area contributed by atoms with E-state index in [0.29, 0.717) is 24.4 Å². The van der Waals surface area contributed by atoms with E-state index in [2.05, 4.69) is 10.7 Å². The van der Waals surface area contributed by atoms with Gasteiger partial charge in [-0.25, -0.2) is 4.79 Å². The van der Waals surface area contributed by atoms with Gasteiger partial charge >= 0.3 is 6.03 Å². The van der Waals surface area contributed by atoms with Crippen LogP contribution in [0.5, 0.6) is 5.75 Å². The first-order chi connectivity index (χ1) is 13.9. The third-order valence-corrected chi connectivity index (χ3v) is 5.73. The van der Waals surface area contributed by atoms with Crippen molar-refractivity contribution >= 4 is 29.2 Å². The Morgan fingerprint density at radius 1 is 1.28 bits per heavy atom. The van der Waals surface area contributed by atoms with Crippen LogP contribution in [-0.2, 0) is 21.7 Å². The molecule has 1 aliphatic heterocycles. The number of rotatable bonds is 8. The van der Waals surface area contributed by atoms with Gasteiger partial charge in [0.2, 0.25) is 0 Å². The van der Waals surface area contributed by atoms with Gasteiger partial charge in [-0.3, -0.25) is 19.9 Å². The van der Waals surface area contributed by atoms with Crippen molar-refractivity contribution < 1.29 is 19.1 Å².